The Bertz CT molecular complexity index is 1710. The molecule has 2 N–H and O–H groups in total. The van der Waals surface area contributed by atoms with E-state index in [1.807, 2.05) is 37.5 Å². The standard InChI is InChI=1S/C25H43N3O2.C18H29NO2.C11H17N.CO2/c1-7-21(6)23-14-12-22(13-15-23)20-26(18-16-24(29)27(8-2)9-3)19-17-25(30)28(10-4)11-5;1-5-12-19(13-11-18(20)21-4)14-16-7-9-17(10-8-16)15(3)6-2;1-3-9(2)11-6-4-10(8-12)5-7-11;2-1-3/h12-15,21H,7-11,16-20H2,1-6H3;7-10,15H,5-6,11-14H2,1-4H3;4-7,9H,3,8,12H2,1-2H3;. The first-order valence-corrected chi connectivity index (χ1v) is 24.7. The van der Waals surface area contributed by atoms with Gasteiger partial charge in [0, 0.05) is 78.3 Å². The summed E-state index contributed by atoms with van der Waals surface area (Å²) >= 11 is 0. The Balaban J connectivity index is 0.00000101. The van der Waals surface area contributed by atoms with Gasteiger partial charge in [-0.3, -0.25) is 24.2 Å². The third kappa shape index (κ3) is 25.3. The molecule has 0 aliphatic heterocycles. The minimum atomic E-state index is -0.136. The molecular formula is C55H89N5O6. The lowest BCUT2D eigenvalue weighted by Crippen LogP contribution is -2.37. The highest BCUT2D eigenvalue weighted by Gasteiger charge is 2.17. The van der Waals surface area contributed by atoms with E-state index in [0.29, 0.717) is 56.7 Å². The highest BCUT2D eigenvalue weighted by Crippen LogP contribution is 2.21. The van der Waals surface area contributed by atoms with Gasteiger partial charge in [-0.25, -0.2) is 0 Å². The second-order valence-electron chi connectivity index (χ2n) is 17.0. The molecular weight excluding hydrogens is 827 g/mol. The Kier molecular flexibility index (Phi) is 34.8. The van der Waals surface area contributed by atoms with Gasteiger partial charge >= 0.3 is 12.1 Å². The summed E-state index contributed by atoms with van der Waals surface area (Å²) in [6, 6.07) is 26.3. The molecule has 2 amide bonds. The average molecular weight is 916 g/mol. The Morgan fingerprint density at radius 1 is 0.515 bits per heavy atom. The quantitative estimate of drug-likeness (QED) is 0.0781. The van der Waals surface area contributed by atoms with E-state index in [0.717, 1.165) is 65.2 Å². The van der Waals surface area contributed by atoms with Crippen LogP contribution in [-0.4, -0.2) is 103 Å². The van der Waals surface area contributed by atoms with Crippen LogP contribution in [0, 0.1) is 0 Å². The van der Waals surface area contributed by atoms with Gasteiger partial charge in [-0.1, -0.05) is 121 Å². The summed E-state index contributed by atoms with van der Waals surface area (Å²) in [6.07, 6.45) is 6.28. The topological polar surface area (TPSA) is 134 Å². The van der Waals surface area contributed by atoms with Crippen LogP contribution in [0.1, 0.15) is 172 Å². The summed E-state index contributed by atoms with van der Waals surface area (Å²) in [6.45, 7) is 32.0. The molecule has 0 saturated heterocycles. The van der Waals surface area contributed by atoms with Gasteiger partial charge in [0.05, 0.1) is 13.5 Å². The summed E-state index contributed by atoms with van der Waals surface area (Å²) in [7, 11) is 1.44. The van der Waals surface area contributed by atoms with Gasteiger partial charge < -0.3 is 20.3 Å². The number of hydrogen-bond donors (Lipinski definition) is 1. The SMILES string of the molecule is CCC(C)c1ccc(CN(CCC(=O)N(CC)CC)CCC(=O)N(CC)CC)cc1.CCC(C)c1ccc(CN)cc1.CCCN(CCC(=O)OC)Cc1ccc(C(C)CC)cc1.O=C=O. The van der Waals surface area contributed by atoms with E-state index in [-0.39, 0.29) is 23.9 Å². The molecule has 370 valence electrons. The number of carbonyl (C=O) groups is 3. The number of methoxy groups -OCH3 is 1. The van der Waals surface area contributed by atoms with E-state index in [1.165, 1.54) is 53.3 Å². The van der Waals surface area contributed by atoms with Crippen molar-refractivity contribution in [3.05, 3.63) is 106 Å². The van der Waals surface area contributed by atoms with Gasteiger partial charge in [0.15, 0.2) is 0 Å². The number of carbonyl (C=O) groups excluding carboxylic acids is 5. The van der Waals surface area contributed by atoms with Crippen LogP contribution in [0.15, 0.2) is 72.8 Å². The van der Waals surface area contributed by atoms with Gasteiger partial charge in [0.25, 0.3) is 0 Å². The lowest BCUT2D eigenvalue weighted by molar-refractivity contribution is -0.191. The zero-order valence-corrected chi connectivity index (χ0v) is 43.2. The predicted octanol–water partition coefficient (Wildman–Crippen LogP) is 10.6. The molecule has 3 aromatic carbocycles. The second kappa shape index (κ2) is 37.4. The maximum atomic E-state index is 12.5. The lowest BCUT2D eigenvalue weighted by atomic mass is 9.97. The second-order valence-corrected chi connectivity index (χ2v) is 17.0. The molecule has 3 unspecified atom stereocenters. The Hall–Kier alpha value is -4.67. The van der Waals surface area contributed by atoms with Gasteiger partial charge in [-0.05, 0) is 111 Å². The summed E-state index contributed by atoms with van der Waals surface area (Å²) in [5.74, 6) is 2.08. The first-order valence-electron chi connectivity index (χ1n) is 24.7. The monoisotopic (exact) mass is 916 g/mol. The molecule has 0 bridgehead atoms. The van der Waals surface area contributed by atoms with Crippen LogP contribution in [0.3, 0.4) is 0 Å². The summed E-state index contributed by atoms with van der Waals surface area (Å²) < 4.78 is 4.72. The van der Waals surface area contributed by atoms with E-state index in [9.17, 15) is 14.4 Å². The van der Waals surface area contributed by atoms with Crippen LogP contribution >= 0.6 is 0 Å². The van der Waals surface area contributed by atoms with E-state index in [2.05, 4.69) is 131 Å². The van der Waals surface area contributed by atoms with Crippen LogP contribution in [0.25, 0.3) is 0 Å². The fourth-order valence-electron chi connectivity index (χ4n) is 7.29. The predicted molar refractivity (Wildman–Crippen MR) is 271 cm³/mol. The summed E-state index contributed by atoms with van der Waals surface area (Å²) in [5, 5.41) is 0. The number of nitrogens with two attached hydrogens (primary N) is 1. The molecule has 66 heavy (non-hydrogen) atoms. The number of ether oxygens (including phenoxy) is 1. The van der Waals surface area contributed by atoms with Crippen LogP contribution in [0.4, 0.5) is 0 Å². The van der Waals surface area contributed by atoms with E-state index < -0.39 is 0 Å². The van der Waals surface area contributed by atoms with Crippen molar-refractivity contribution in [1.82, 2.24) is 19.6 Å². The molecule has 0 spiro atoms. The number of hydrogen-bond acceptors (Lipinski definition) is 9. The third-order valence-corrected chi connectivity index (χ3v) is 12.4. The average Bonchev–Trinajstić information content (AvgIpc) is 3.35. The van der Waals surface area contributed by atoms with Crippen molar-refractivity contribution < 1.29 is 28.7 Å². The molecule has 0 aliphatic carbocycles. The van der Waals surface area contributed by atoms with Crippen LogP contribution in [-0.2, 0) is 48.3 Å². The van der Waals surface area contributed by atoms with Crippen molar-refractivity contribution in [2.24, 2.45) is 5.73 Å². The molecule has 0 fully saturated rings. The number of rotatable bonds is 26. The Morgan fingerprint density at radius 3 is 1.09 bits per heavy atom. The summed E-state index contributed by atoms with van der Waals surface area (Å²) in [4.78, 5) is 60.8. The highest BCUT2D eigenvalue weighted by molar-refractivity contribution is 5.77. The first-order chi connectivity index (χ1) is 31.7. The van der Waals surface area contributed by atoms with Gasteiger partial charge in [0.1, 0.15) is 0 Å². The molecule has 0 radical (unpaired) electrons. The van der Waals surface area contributed by atoms with Gasteiger partial charge in [-0.15, -0.1) is 0 Å². The summed E-state index contributed by atoms with van der Waals surface area (Å²) in [5.41, 5.74) is 13.4. The van der Waals surface area contributed by atoms with Crippen molar-refractivity contribution in [1.29, 1.82) is 0 Å². The minimum absolute atomic E-state index is 0.136. The molecule has 3 rings (SSSR count). The van der Waals surface area contributed by atoms with E-state index in [1.54, 1.807) is 0 Å². The smallest absolute Gasteiger partial charge is 0.373 e. The molecule has 3 atom stereocenters. The van der Waals surface area contributed by atoms with Crippen molar-refractivity contribution in [2.45, 2.75) is 158 Å². The Morgan fingerprint density at radius 2 is 0.818 bits per heavy atom. The molecule has 11 nitrogen and oxygen atoms in total. The Labute approximate surface area is 400 Å². The highest BCUT2D eigenvalue weighted by atomic mass is 16.5. The van der Waals surface area contributed by atoms with Gasteiger partial charge in [-0.2, -0.15) is 9.59 Å². The van der Waals surface area contributed by atoms with Gasteiger partial charge in [0.2, 0.25) is 11.8 Å². The molecule has 0 heterocycles. The number of benzene rings is 3. The zero-order chi connectivity index (χ0) is 49.9. The lowest BCUT2D eigenvalue weighted by Gasteiger charge is -2.26. The largest absolute Gasteiger partial charge is 0.469 e. The first kappa shape index (κ1) is 61.3. The van der Waals surface area contributed by atoms with Crippen molar-refractivity contribution in [2.75, 3.05) is 59.5 Å². The van der Waals surface area contributed by atoms with Crippen molar-refractivity contribution >= 4 is 23.9 Å². The molecule has 0 aliphatic rings. The molecule has 0 aromatic heterocycles. The molecule has 0 saturated carbocycles. The normalized spacial score (nSPS) is 11.9. The maximum Gasteiger partial charge on any atom is 0.373 e. The van der Waals surface area contributed by atoms with E-state index >= 15 is 0 Å². The zero-order valence-electron chi connectivity index (χ0n) is 43.2. The van der Waals surface area contributed by atoms with Crippen LogP contribution in [0.2, 0.25) is 0 Å². The van der Waals surface area contributed by atoms with Crippen LogP contribution < -0.4 is 5.73 Å². The van der Waals surface area contributed by atoms with Crippen LogP contribution in [0.5, 0.6) is 0 Å². The number of amides is 2. The fraction of sp³-hybridized carbons (Fsp3) is 0.600. The molecule has 3 aromatic rings. The van der Waals surface area contributed by atoms with E-state index in [4.69, 9.17) is 20.1 Å². The van der Waals surface area contributed by atoms with Crippen molar-refractivity contribution in [3.8, 4) is 0 Å². The molecule has 11 heteroatoms. The fourth-order valence-corrected chi connectivity index (χ4v) is 7.29. The number of esters is 1. The maximum absolute atomic E-state index is 12.5. The number of nitrogens with zero attached hydrogens (tertiary/aromatic N) is 4. The minimum Gasteiger partial charge on any atom is -0.469 e. The third-order valence-electron chi connectivity index (χ3n) is 12.4. The van der Waals surface area contributed by atoms with Crippen molar-refractivity contribution in [3.63, 3.8) is 0 Å².